The van der Waals surface area contributed by atoms with Crippen molar-refractivity contribution in [3.8, 4) is 0 Å². The molecule has 120 valence electrons. The van der Waals surface area contributed by atoms with Crippen LogP contribution in [0, 0.1) is 0 Å². The Balaban J connectivity index is 2.11. The van der Waals surface area contributed by atoms with E-state index in [1.165, 1.54) is 0 Å². The van der Waals surface area contributed by atoms with E-state index >= 15 is 0 Å². The molecule has 2 aromatic rings. The molecule has 1 heterocycles. The van der Waals surface area contributed by atoms with Crippen LogP contribution in [-0.4, -0.2) is 13.1 Å². The van der Waals surface area contributed by atoms with Crippen molar-refractivity contribution in [1.29, 1.82) is 0 Å². The Morgan fingerprint density at radius 1 is 0.957 bits per heavy atom. The number of nitrogens with zero attached hydrogens (tertiary/aromatic N) is 2. The van der Waals surface area contributed by atoms with Gasteiger partial charge in [-0.3, -0.25) is 4.57 Å². The van der Waals surface area contributed by atoms with E-state index in [1.807, 2.05) is 73.7 Å². The second-order valence-corrected chi connectivity index (χ2v) is 8.22. The second kappa shape index (κ2) is 6.64. The summed E-state index contributed by atoms with van der Waals surface area (Å²) in [5.41, 5.74) is 2.06. The molecule has 0 amide bonds. The average Bonchev–Trinajstić information content (AvgIpc) is 2.95. The fraction of sp³-hybridized carbons (Fsp3) is 0.263. The monoisotopic (exact) mass is 326 g/mol. The van der Waals surface area contributed by atoms with Crippen molar-refractivity contribution in [2.24, 2.45) is 0 Å². The van der Waals surface area contributed by atoms with E-state index < -0.39 is 7.44 Å². The number of benzene rings is 2. The van der Waals surface area contributed by atoms with Gasteiger partial charge in [-0.05, 0) is 37.6 Å². The smallest absolute Gasteiger partial charge is 0.288 e. The van der Waals surface area contributed by atoms with Crippen LogP contribution in [0.25, 0.3) is 0 Å². The molecule has 0 unspecified atom stereocenters. The standard InChI is InChI=1S/C19H23N2OP/c1-3-19(4-2)23(22)20(17-11-7-5-8-12-17)15-16-21(23)18-13-9-6-10-14-18/h3,5-14H,4,15-16H2,1-2H3/b19-3-. The van der Waals surface area contributed by atoms with E-state index in [4.69, 9.17) is 0 Å². The molecule has 1 aliphatic heterocycles. The molecule has 0 atom stereocenters. The molecular formula is C19H23N2OP. The maximum Gasteiger partial charge on any atom is 0.288 e. The van der Waals surface area contributed by atoms with E-state index in [0.29, 0.717) is 0 Å². The van der Waals surface area contributed by atoms with E-state index in [2.05, 4.69) is 16.3 Å². The molecule has 0 radical (unpaired) electrons. The van der Waals surface area contributed by atoms with Crippen LogP contribution in [0.5, 0.6) is 0 Å². The highest BCUT2D eigenvalue weighted by molar-refractivity contribution is 7.71. The zero-order valence-electron chi connectivity index (χ0n) is 13.7. The summed E-state index contributed by atoms with van der Waals surface area (Å²) >= 11 is 0. The number of anilines is 2. The molecule has 1 fully saturated rings. The predicted octanol–water partition coefficient (Wildman–Crippen LogP) is 5.52. The minimum atomic E-state index is -2.82. The number of rotatable bonds is 4. The molecule has 3 nitrogen and oxygen atoms in total. The SMILES string of the molecule is C/C=C(/CC)P1(=O)N(c2ccccc2)CCN1c1ccccc1. The van der Waals surface area contributed by atoms with Gasteiger partial charge < -0.3 is 9.34 Å². The normalized spacial score (nSPS) is 17.6. The first kappa shape index (κ1) is 15.9. The molecule has 3 rings (SSSR count). The molecule has 0 bridgehead atoms. The summed E-state index contributed by atoms with van der Waals surface area (Å²) in [6.45, 7) is 5.61. The van der Waals surface area contributed by atoms with Gasteiger partial charge >= 0.3 is 0 Å². The predicted molar refractivity (Wildman–Crippen MR) is 99.2 cm³/mol. The first-order valence-electron chi connectivity index (χ1n) is 8.13. The Labute approximate surface area is 138 Å². The van der Waals surface area contributed by atoms with Gasteiger partial charge in [0.05, 0.1) is 0 Å². The highest BCUT2D eigenvalue weighted by Gasteiger charge is 2.45. The summed E-state index contributed by atoms with van der Waals surface area (Å²) in [6, 6.07) is 20.2. The van der Waals surface area contributed by atoms with Gasteiger partial charge in [-0.15, -0.1) is 0 Å². The Hall–Kier alpha value is -1.99. The van der Waals surface area contributed by atoms with Crippen LogP contribution >= 0.6 is 7.44 Å². The Morgan fingerprint density at radius 2 is 1.39 bits per heavy atom. The lowest BCUT2D eigenvalue weighted by Gasteiger charge is -2.34. The summed E-state index contributed by atoms with van der Waals surface area (Å²) in [7, 11) is -2.82. The summed E-state index contributed by atoms with van der Waals surface area (Å²) < 4.78 is 18.4. The number of hydrogen-bond donors (Lipinski definition) is 0. The van der Waals surface area contributed by atoms with Crippen molar-refractivity contribution in [1.82, 2.24) is 0 Å². The molecule has 2 aromatic carbocycles. The maximum absolute atomic E-state index is 14.2. The lowest BCUT2D eigenvalue weighted by atomic mass is 10.3. The largest absolute Gasteiger partial charge is 0.302 e. The highest BCUT2D eigenvalue weighted by atomic mass is 31.2. The molecule has 23 heavy (non-hydrogen) atoms. The minimum absolute atomic E-state index is 0.771. The lowest BCUT2D eigenvalue weighted by Crippen LogP contribution is -2.20. The summed E-state index contributed by atoms with van der Waals surface area (Å²) in [5, 5.41) is 1.02. The van der Waals surface area contributed by atoms with Gasteiger partial charge in [0.1, 0.15) is 0 Å². The van der Waals surface area contributed by atoms with E-state index in [1.54, 1.807) is 0 Å². The van der Waals surface area contributed by atoms with Crippen LogP contribution in [0.3, 0.4) is 0 Å². The Morgan fingerprint density at radius 3 is 1.74 bits per heavy atom. The second-order valence-electron chi connectivity index (χ2n) is 5.59. The lowest BCUT2D eigenvalue weighted by molar-refractivity contribution is 0.578. The Bertz CT molecular complexity index is 676. The average molecular weight is 326 g/mol. The topological polar surface area (TPSA) is 23.6 Å². The quantitative estimate of drug-likeness (QED) is 0.691. The van der Waals surface area contributed by atoms with Gasteiger partial charge in [0.2, 0.25) is 0 Å². The summed E-state index contributed by atoms with van der Waals surface area (Å²) in [5.74, 6) is 0. The van der Waals surface area contributed by atoms with Crippen molar-refractivity contribution < 1.29 is 4.57 Å². The van der Waals surface area contributed by atoms with Crippen LogP contribution in [-0.2, 0) is 4.57 Å². The van der Waals surface area contributed by atoms with Crippen molar-refractivity contribution in [3.05, 3.63) is 72.1 Å². The van der Waals surface area contributed by atoms with Gasteiger partial charge in [0, 0.05) is 29.8 Å². The fourth-order valence-corrected chi connectivity index (χ4v) is 6.49. The molecular weight excluding hydrogens is 303 g/mol. The van der Waals surface area contributed by atoms with E-state index in [9.17, 15) is 4.57 Å². The van der Waals surface area contributed by atoms with Gasteiger partial charge in [0.15, 0.2) is 0 Å². The number of allylic oxidation sites excluding steroid dienone is 2. The molecule has 0 N–H and O–H groups in total. The third-order valence-corrected chi connectivity index (χ3v) is 7.85. The van der Waals surface area contributed by atoms with Crippen LogP contribution in [0.15, 0.2) is 72.1 Å². The third-order valence-electron chi connectivity index (χ3n) is 4.36. The van der Waals surface area contributed by atoms with Gasteiger partial charge in [-0.1, -0.05) is 49.4 Å². The molecule has 0 saturated carbocycles. The molecule has 1 aliphatic rings. The zero-order valence-corrected chi connectivity index (χ0v) is 14.6. The van der Waals surface area contributed by atoms with Gasteiger partial charge in [0.25, 0.3) is 7.44 Å². The first-order chi connectivity index (χ1) is 11.2. The fourth-order valence-electron chi connectivity index (χ4n) is 3.25. The molecule has 0 aromatic heterocycles. The van der Waals surface area contributed by atoms with Crippen LogP contribution < -0.4 is 9.34 Å². The van der Waals surface area contributed by atoms with Crippen LogP contribution in [0.2, 0.25) is 0 Å². The first-order valence-corrected chi connectivity index (χ1v) is 9.75. The number of para-hydroxylation sites is 2. The van der Waals surface area contributed by atoms with E-state index in [-0.39, 0.29) is 0 Å². The zero-order chi connectivity index (χ0) is 16.3. The van der Waals surface area contributed by atoms with Crippen molar-refractivity contribution >= 4 is 18.8 Å². The maximum atomic E-state index is 14.2. The van der Waals surface area contributed by atoms with Gasteiger partial charge in [-0.25, -0.2) is 0 Å². The van der Waals surface area contributed by atoms with Crippen molar-refractivity contribution in [2.45, 2.75) is 20.3 Å². The molecule has 1 saturated heterocycles. The van der Waals surface area contributed by atoms with E-state index in [0.717, 1.165) is 36.2 Å². The highest BCUT2D eigenvalue weighted by Crippen LogP contribution is 2.66. The number of hydrogen-bond acceptors (Lipinski definition) is 1. The molecule has 4 heteroatoms. The summed E-state index contributed by atoms with van der Waals surface area (Å²) in [6.07, 6.45) is 2.82. The minimum Gasteiger partial charge on any atom is -0.302 e. The van der Waals surface area contributed by atoms with Gasteiger partial charge in [-0.2, -0.15) is 0 Å². The summed E-state index contributed by atoms with van der Waals surface area (Å²) in [4.78, 5) is 0. The third kappa shape index (κ3) is 2.70. The van der Waals surface area contributed by atoms with Crippen molar-refractivity contribution in [3.63, 3.8) is 0 Å². The van der Waals surface area contributed by atoms with Crippen LogP contribution in [0.4, 0.5) is 11.4 Å². The Kier molecular flexibility index (Phi) is 4.58. The molecule has 0 aliphatic carbocycles. The van der Waals surface area contributed by atoms with Crippen LogP contribution in [0.1, 0.15) is 20.3 Å². The van der Waals surface area contributed by atoms with Crippen molar-refractivity contribution in [2.75, 3.05) is 22.4 Å². The molecule has 0 spiro atoms.